The van der Waals surface area contributed by atoms with Crippen molar-refractivity contribution in [3.8, 4) is 0 Å². The molecule has 2 aromatic rings. The third-order valence-corrected chi connectivity index (χ3v) is 4.06. The fourth-order valence-corrected chi connectivity index (χ4v) is 2.82. The summed E-state index contributed by atoms with van der Waals surface area (Å²) in [5.41, 5.74) is 1.74. The van der Waals surface area contributed by atoms with Crippen LogP contribution in [-0.2, 0) is 4.74 Å². The van der Waals surface area contributed by atoms with Gasteiger partial charge in [-0.05, 0) is 37.5 Å². The number of benzene rings is 1. The Balaban J connectivity index is 1.71. The molecule has 1 aromatic carbocycles. The molecule has 0 fully saturated rings. The van der Waals surface area contributed by atoms with Crippen molar-refractivity contribution in [3.63, 3.8) is 0 Å². The lowest BCUT2D eigenvalue weighted by Gasteiger charge is -2.09. The van der Waals surface area contributed by atoms with Crippen LogP contribution in [0.25, 0.3) is 10.2 Å². The first-order chi connectivity index (χ1) is 10.5. The molecule has 0 aliphatic heterocycles. The van der Waals surface area contributed by atoms with Crippen molar-refractivity contribution in [1.82, 2.24) is 10.3 Å². The van der Waals surface area contributed by atoms with Crippen molar-refractivity contribution in [2.75, 3.05) is 25.1 Å². The minimum absolute atomic E-state index is 0.215. The number of rotatable bonds is 7. The molecule has 0 saturated carbocycles. The van der Waals surface area contributed by atoms with Crippen LogP contribution >= 0.6 is 11.3 Å². The van der Waals surface area contributed by atoms with Gasteiger partial charge in [-0.2, -0.15) is 0 Å². The van der Waals surface area contributed by atoms with E-state index in [1.54, 1.807) is 11.3 Å². The minimum Gasteiger partial charge on any atom is -0.380 e. The summed E-state index contributed by atoms with van der Waals surface area (Å²) in [5, 5.41) is 6.63. The molecule has 0 radical (unpaired) electrons. The predicted molar refractivity (Wildman–Crippen MR) is 91.7 cm³/mol. The van der Waals surface area contributed by atoms with E-state index in [2.05, 4.69) is 29.5 Å². The van der Waals surface area contributed by atoms with Crippen LogP contribution in [0.1, 0.15) is 25.3 Å². The average molecular weight is 321 g/mol. The Kier molecular flexibility index (Phi) is 6.15. The highest BCUT2D eigenvalue weighted by Crippen LogP contribution is 2.24. The van der Waals surface area contributed by atoms with Crippen LogP contribution in [0.5, 0.6) is 0 Å². The standard InChI is InChI=1S/C16H23N3O2S/c1-11(2)6-8-21-9-7-17-16(20)19-13-4-5-14-15(10-13)22-12(3)18-14/h4-5,10-11H,6-9H2,1-3H3,(H2,17,19,20). The molecule has 2 N–H and O–H groups in total. The van der Waals surface area contributed by atoms with Gasteiger partial charge in [0.1, 0.15) is 0 Å². The van der Waals surface area contributed by atoms with Gasteiger partial charge in [-0.15, -0.1) is 11.3 Å². The Morgan fingerprint density at radius 3 is 2.95 bits per heavy atom. The van der Waals surface area contributed by atoms with Gasteiger partial charge in [0.05, 0.1) is 21.8 Å². The Morgan fingerprint density at radius 1 is 1.36 bits per heavy atom. The summed E-state index contributed by atoms with van der Waals surface area (Å²) in [6, 6.07) is 5.51. The quantitative estimate of drug-likeness (QED) is 0.763. The topological polar surface area (TPSA) is 63.2 Å². The number of urea groups is 1. The summed E-state index contributed by atoms with van der Waals surface area (Å²) in [7, 11) is 0. The molecule has 0 aliphatic carbocycles. The lowest BCUT2D eigenvalue weighted by Crippen LogP contribution is -2.31. The molecule has 2 amide bonds. The van der Waals surface area contributed by atoms with E-state index in [1.165, 1.54) is 0 Å². The zero-order valence-corrected chi connectivity index (χ0v) is 14.1. The summed E-state index contributed by atoms with van der Waals surface area (Å²) >= 11 is 1.62. The highest BCUT2D eigenvalue weighted by molar-refractivity contribution is 7.18. The zero-order chi connectivity index (χ0) is 15.9. The van der Waals surface area contributed by atoms with Gasteiger partial charge < -0.3 is 15.4 Å². The second-order valence-electron chi connectivity index (χ2n) is 5.59. The van der Waals surface area contributed by atoms with Crippen LogP contribution in [0.4, 0.5) is 10.5 Å². The lowest BCUT2D eigenvalue weighted by atomic mass is 10.1. The largest absolute Gasteiger partial charge is 0.380 e. The van der Waals surface area contributed by atoms with Crippen molar-refractivity contribution in [2.45, 2.75) is 27.2 Å². The molecule has 0 spiro atoms. The molecule has 5 nitrogen and oxygen atoms in total. The summed E-state index contributed by atoms with van der Waals surface area (Å²) in [4.78, 5) is 16.2. The number of fused-ring (bicyclic) bond motifs is 1. The SMILES string of the molecule is Cc1nc2ccc(NC(=O)NCCOCCC(C)C)cc2s1. The number of anilines is 1. The molecule has 6 heteroatoms. The number of amides is 2. The molecule has 0 saturated heterocycles. The average Bonchev–Trinajstić information content (AvgIpc) is 2.81. The number of nitrogens with one attached hydrogen (secondary N) is 2. The number of thiazole rings is 1. The third-order valence-electron chi connectivity index (χ3n) is 3.12. The fourth-order valence-electron chi connectivity index (χ4n) is 1.95. The van der Waals surface area contributed by atoms with E-state index in [-0.39, 0.29) is 6.03 Å². The molecule has 0 aliphatic rings. The molecule has 120 valence electrons. The summed E-state index contributed by atoms with van der Waals surface area (Å²) in [5.74, 6) is 0.640. The van der Waals surface area contributed by atoms with Crippen molar-refractivity contribution >= 4 is 33.3 Å². The van der Waals surface area contributed by atoms with Gasteiger partial charge in [0.25, 0.3) is 0 Å². The van der Waals surface area contributed by atoms with Crippen molar-refractivity contribution in [2.24, 2.45) is 5.92 Å². The summed E-state index contributed by atoms with van der Waals surface area (Å²) in [6.45, 7) is 8.08. The smallest absolute Gasteiger partial charge is 0.319 e. The predicted octanol–water partition coefficient (Wildman–Crippen LogP) is 3.79. The highest BCUT2D eigenvalue weighted by Gasteiger charge is 2.05. The monoisotopic (exact) mass is 321 g/mol. The minimum atomic E-state index is -0.215. The van der Waals surface area contributed by atoms with Crippen LogP contribution in [0, 0.1) is 12.8 Å². The first-order valence-electron chi connectivity index (χ1n) is 7.54. The highest BCUT2D eigenvalue weighted by atomic mass is 32.1. The van der Waals surface area contributed by atoms with Crippen LogP contribution in [0.15, 0.2) is 18.2 Å². The number of hydrogen-bond acceptors (Lipinski definition) is 4. The molecule has 2 rings (SSSR count). The maximum atomic E-state index is 11.8. The van der Waals surface area contributed by atoms with Crippen LogP contribution < -0.4 is 10.6 Å². The van der Waals surface area contributed by atoms with Gasteiger partial charge in [0.15, 0.2) is 0 Å². The van der Waals surface area contributed by atoms with E-state index in [0.717, 1.165) is 33.9 Å². The molecular formula is C16H23N3O2S. The van der Waals surface area contributed by atoms with E-state index in [0.29, 0.717) is 19.1 Å². The van der Waals surface area contributed by atoms with E-state index in [9.17, 15) is 4.79 Å². The van der Waals surface area contributed by atoms with E-state index >= 15 is 0 Å². The number of aryl methyl sites for hydroxylation is 1. The third kappa shape index (κ3) is 5.27. The number of hydrogen-bond donors (Lipinski definition) is 2. The van der Waals surface area contributed by atoms with E-state index < -0.39 is 0 Å². The molecular weight excluding hydrogens is 298 g/mol. The molecule has 0 atom stereocenters. The van der Waals surface area contributed by atoms with E-state index in [4.69, 9.17) is 4.74 Å². The van der Waals surface area contributed by atoms with Crippen LogP contribution in [0.3, 0.4) is 0 Å². The Morgan fingerprint density at radius 2 is 2.18 bits per heavy atom. The molecule has 0 bridgehead atoms. The summed E-state index contributed by atoms with van der Waals surface area (Å²) in [6.07, 6.45) is 1.04. The second-order valence-corrected chi connectivity index (χ2v) is 6.83. The van der Waals surface area contributed by atoms with Gasteiger partial charge in [-0.25, -0.2) is 9.78 Å². The van der Waals surface area contributed by atoms with Crippen molar-refractivity contribution < 1.29 is 9.53 Å². The fraction of sp³-hybridized carbons (Fsp3) is 0.500. The maximum absolute atomic E-state index is 11.8. The zero-order valence-electron chi connectivity index (χ0n) is 13.3. The van der Waals surface area contributed by atoms with Crippen LogP contribution in [-0.4, -0.2) is 30.8 Å². The van der Waals surface area contributed by atoms with Gasteiger partial charge in [-0.1, -0.05) is 13.8 Å². The molecule has 1 aromatic heterocycles. The Hall–Kier alpha value is -1.66. The maximum Gasteiger partial charge on any atom is 0.319 e. The van der Waals surface area contributed by atoms with Gasteiger partial charge in [0, 0.05) is 18.8 Å². The lowest BCUT2D eigenvalue weighted by molar-refractivity contribution is 0.126. The van der Waals surface area contributed by atoms with Gasteiger partial charge >= 0.3 is 6.03 Å². The second kappa shape index (κ2) is 8.10. The van der Waals surface area contributed by atoms with Crippen molar-refractivity contribution in [3.05, 3.63) is 23.2 Å². The number of carbonyl (C=O) groups excluding carboxylic acids is 1. The number of aromatic nitrogens is 1. The first kappa shape index (κ1) is 16.7. The first-order valence-corrected chi connectivity index (χ1v) is 8.36. The Labute approximate surface area is 135 Å². The summed E-state index contributed by atoms with van der Waals surface area (Å²) < 4.78 is 6.53. The normalized spacial score (nSPS) is 11.1. The van der Waals surface area contributed by atoms with E-state index in [1.807, 2.05) is 25.1 Å². The molecule has 1 heterocycles. The van der Waals surface area contributed by atoms with Crippen LogP contribution in [0.2, 0.25) is 0 Å². The van der Waals surface area contributed by atoms with Crippen molar-refractivity contribution in [1.29, 1.82) is 0 Å². The molecule has 22 heavy (non-hydrogen) atoms. The molecule has 0 unspecified atom stereocenters. The number of ether oxygens (including phenoxy) is 1. The number of carbonyl (C=O) groups is 1. The Bertz CT molecular complexity index is 625. The van der Waals surface area contributed by atoms with Gasteiger partial charge in [0.2, 0.25) is 0 Å². The number of nitrogens with zero attached hydrogens (tertiary/aromatic N) is 1. The van der Waals surface area contributed by atoms with Gasteiger partial charge in [-0.3, -0.25) is 0 Å².